The minimum absolute atomic E-state index is 0.0462. The Hall–Kier alpha value is -1.85. The van der Waals surface area contributed by atoms with Crippen LogP contribution in [0.25, 0.3) is 10.9 Å². The monoisotopic (exact) mass is 259 g/mol. The number of hydrogen-bond donors (Lipinski definition) is 2. The van der Waals surface area contributed by atoms with Gasteiger partial charge in [-0.2, -0.15) is 0 Å². The zero-order valence-corrected chi connectivity index (χ0v) is 10.6. The molecule has 100 valence electrons. The quantitative estimate of drug-likeness (QED) is 0.844. The van der Waals surface area contributed by atoms with Crippen LogP contribution in [0.2, 0.25) is 0 Å². The molecule has 5 heteroatoms. The lowest BCUT2D eigenvalue weighted by Gasteiger charge is -2.32. The second-order valence-corrected chi connectivity index (χ2v) is 4.76. The van der Waals surface area contributed by atoms with Crippen molar-refractivity contribution < 1.29 is 9.53 Å². The highest BCUT2D eigenvalue weighted by Crippen LogP contribution is 2.17. The Morgan fingerprint density at radius 3 is 3.21 bits per heavy atom. The van der Waals surface area contributed by atoms with Gasteiger partial charge >= 0.3 is 0 Å². The van der Waals surface area contributed by atoms with Crippen molar-refractivity contribution in [3.63, 3.8) is 0 Å². The predicted octanol–water partition coefficient (Wildman–Crippen LogP) is 0.968. The van der Waals surface area contributed by atoms with Crippen molar-refractivity contribution in [1.82, 2.24) is 9.88 Å². The zero-order chi connectivity index (χ0) is 13.2. The van der Waals surface area contributed by atoms with Crippen LogP contribution in [0.1, 0.15) is 10.4 Å². The topological polar surface area (TPSA) is 71.3 Å². The van der Waals surface area contributed by atoms with Crippen LogP contribution in [-0.4, -0.2) is 48.1 Å². The van der Waals surface area contributed by atoms with Crippen LogP contribution in [0.15, 0.2) is 30.5 Å². The summed E-state index contributed by atoms with van der Waals surface area (Å²) >= 11 is 0. The molecule has 0 bridgehead atoms. The third-order valence-corrected chi connectivity index (χ3v) is 3.49. The number of fused-ring (bicyclic) bond motifs is 1. The summed E-state index contributed by atoms with van der Waals surface area (Å²) in [7, 11) is 0. The number of carbonyl (C=O) groups excluding carboxylic acids is 1. The first-order chi connectivity index (χ1) is 9.28. The van der Waals surface area contributed by atoms with Gasteiger partial charge in [0.15, 0.2) is 0 Å². The van der Waals surface area contributed by atoms with Crippen molar-refractivity contribution in [3.8, 4) is 0 Å². The van der Waals surface area contributed by atoms with Gasteiger partial charge in [0.2, 0.25) is 0 Å². The molecule has 1 aliphatic rings. The Morgan fingerprint density at radius 2 is 2.37 bits per heavy atom. The van der Waals surface area contributed by atoms with Crippen molar-refractivity contribution in [3.05, 3.63) is 36.0 Å². The first-order valence-electron chi connectivity index (χ1n) is 6.46. The average molecular weight is 259 g/mol. The average Bonchev–Trinajstić information content (AvgIpc) is 2.94. The fraction of sp³-hybridized carbons (Fsp3) is 0.357. The van der Waals surface area contributed by atoms with Crippen molar-refractivity contribution >= 4 is 16.8 Å². The Balaban J connectivity index is 1.82. The van der Waals surface area contributed by atoms with E-state index in [1.807, 2.05) is 35.4 Å². The van der Waals surface area contributed by atoms with E-state index in [0.717, 1.165) is 10.9 Å². The second kappa shape index (κ2) is 5.03. The molecular weight excluding hydrogens is 242 g/mol. The number of morpholine rings is 1. The molecule has 1 aromatic heterocycles. The summed E-state index contributed by atoms with van der Waals surface area (Å²) in [6.07, 6.45) is 1.83. The fourth-order valence-electron chi connectivity index (χ4n) is 2.42. The molecule has 3 rings (SSSR count). The van der Waals surface area contributed by atoms with E-state index < -0.39 is 0 Å². The Morgan fingerprint density at radius 1 is 1.47 bits per heavy atom. The van der Waals surface area contributed by atoms with Crippen LogP contribution in [0, 0.1) is 0 Å². The highest BCUT2D eigenvalue weighted by molar-refractivity contribution is 5.98. The summed E-state index contributed by atoms with van der Waals surface area (Å²) in [6, 6.07) is 7.67. The van der Waals surface area contributed by atoms with E-state index in [9.17, 15) is 4.79 Å². The Bertz CT molecular complexity index is 593. The molecule has 1 saturated heterocycles. The number of ether oxygens (including phenoxy) is 1. The van der Waals surface area contributed by atoms with Gasteiger partial charge in [0.25, 0.3) is 5.91 Å². The largest absolute Gasteiger partial charge is 0.373 e. The molecule has 0 aliphatic carbocycles. The van der Waals surface area contributed by atoms with E-state index >= 15 is 0 Å². The van der Waals surface area contributed by atoms with Gasteiger partial charge in [0.1, 0.15) is 0 Å². The molecule has 0 radical (unpaired) electrons. The summed E-state index contributed by atoms with van der Waals surface area (Å²) in [6.45, 7) is 2.20. The molecule has 0 saturated carbocycles. The third kappa shape index (κ3) is 2.34. The number of aromatic amines is 1. The van der Waals surface area contributed by atoms with Gasteiger partial charge in [-0.05, 0) is 24.3 Å². The number of carbonyl (C=O) groups is 1. The van der Waals surface area contributed by atoms with Crippen molar-refractivity contribution in [1.29, 1.82) is 0 Å². The molecule has 3 N–H and O–H groups in total. The summed E-state index contributed by atoms with van der Waals surface area (Å²) < 4.78 is 5.48. The van der Waals surface area contributed by atoms with Crippen molar-refractivity contribution in [2.24, 2.45) is 5.73 Å². The van der Waals surface area contributed by atoms with Gasteiger partial charge < -0.3 is 20.4 Å². The van der Waals surface area contributed by atoms with E-state index in [1.54, 1.807) is 0 Å². The van der Waals surface area contributed by atoms with Gasteiger partial charge in [0.05, 0.1) is 12.7 Å². The van der Waals surface area contributed by atoms with E-state index in [-0.39, 0.29) is 12.0 Å². The SMILES string of the molecule is NCC1CN(C(=O)c2ccc3[nH]ccc3c2)CCO1. The second-order valence-electron chi connectivity index (χ2n) is 4.76. The first kappa shape index (κ1) is 12.2. The van der Waals surface area contributed by atoms with Gasteiger partial charge in [-0.3, -0.25) is 4.79 Å². The molecule has 1 aliphatic heterocycles. The number of benzene rings is 1. The maximum absolute atomic E-state index is 12.4. The number of rotatable bonds is 2. The van der Waals surface area contributed by atoms with Gasteiger partial charge in [-0.25, -0.2) is 0 Å². The highest BCUT2D eigenvalue weighted by atomic mass is 16.5. The van der Waals surface area contributed by atoms with Gasteiger partial charge in [0, 0.05) is 42.3 Å². The minimum Gasteiger partial charge on any atom is -0.373 e. The number of amides is 1. The standard InChI is InChI=1S/C14H17N3O2/c15-8-12-9-17(5-6-19-12)14(18)11-1-2-13-10(7-11)3-4-16-13/h1-4,7,12,16H,5-6,8-9,15H2. The van der Waals surface area contributed by atoms with Crippen LogP contribution in [0.3, 0.4) is 0 Å². The lowest BCUT2D eigenvalue weighted by molar-refractivity contribution is -0.0167. The van der Waals surface area contributed by atoms with Crippen LogP contribution < -0.4 is 5.73 Å². The van der Waals surface area contributed by atoms with Crippen LogP contribution in [0.5, 0.6) is 0 Å². The minimum atomic E-state index is -0.0475. The molecule has 5 nitrogen and oxygen atoms in total. The highest BCUT2D eigenvalue weighted by Gasteiger charge is 2.24. The van der Waals surface area contributed by atoms with Crippen LogP contribution in [-0.2, 0) is 4.74 Å². The first-order valence-corrected chi connectivity index (χ1v) is 6.46. The number of nitrogens with one attached hydrogen (secondary N) is 1. The molecule has 2 heterocycles. The summed E-state index contributed by atoms with van der Waals surface area (Å²) in [5, 5.41) is 1.05. The third-order valence-electron chi connectivity index (χ3n) is 3.49. The molecule has 0 spiro atoms. The lowest BCUT2D eigenvalue weighted by atomic mass is 10.1. The zero-order valence-electron chi connectivity index (χ0n) is 10.6. The Kier molecular flexibility index (Phi) is 3.23. The number of nitrogens with two attached hydrogens (primary N) is 1. The van der Waals surface area contributed by atoms with E-state index in [4.69, 9.17) is 10.5 Å². The van der Waals surface area contributed by atoms with Gasteiger partial charge in [-0.15, -0.1) is 0 Å². The molecule has 19 heavy (non-hydrogen) atoms. The van der Waals surface area contributed by atoms with Crippen LogP contribution >= 0.6 is 0 Å². The molecular formula is C14H17N3O2. The number of H-pyrrole nitrogens is 1. The molecule has 1 amide bonds. The molecule has 1 atom stereocenters. The molecule has 2 aromatic rings. The van der Waals surface area contributed by atoms with Crippen LogP contribution in [0.4, 0.5) is 0 Å². The summed E-state index contributed by atoms with van der Waals surface area (Å²) in [5.74, 6) is 0.0462. The fourth-order valence-corrected chi connectivity index (χ4v) is 2.42. The van der Waals surface area contributed by atoms with E-state index in [2.05, 4.69) is 4.98 Å². The summed E-state index contributed by atoms with van der Waals surface area (Å²) in [5.41, 5.74) is 7.35. The lowest BCUT2D eigenvalue weighted by Crippen LogP contribution is -2.48. The van der Waals surface area contributed by atoms with E-state index in [0.29, 0.717) is 31.8 Å². The smallest absolute Gasteiger partial charge is 0.254 e. The molecule has 1 fully saturated rings. The van der Waals surface area contributed by atoms with Crippen molar-refractivity contribution in [2.45, 2.75) is 6.10 Å². The molecule has 1 unspecified atom stereocenters. The number of hydrogen-bond acceptors (Lipinski definition) is 3. The maximum Gasteiger partial charge on any atom is 0.254 e. The maximum atomic E-state index is 12.4. The van der Waals surface area contributed by atoms with Gasteiger partial charge in [-0.1, -0.05) is 0 Å². The normalized spacial score (nSPS) is 19.8. The predicted molar refractivity (Wildman–Crippen MR) is 73.0 cm³/mol. The number of nitrogens with zero attached hydrogens (tertiary/aromatic N) is 1. The molecule has 1 aromatic carbocycles. The van der Waals surface area contributed by atoms with E-state index in [1.165, 1.54) is 0 Å². The van der Waals surface area contributed by atoms with Crippen molar-refractivity contribution in [2.75, 3.05) is 26.2 Å². The summed E-state index contributed by atoms with van der Waals surface area (Å²) in [4.78, 5) is 17.4. The Labute approximate surface area is 111 Å². The number of aromatic nitrogens is 1.